The number of anilines is 1. The summed E-state index contributed by atoms with van der Waals surface area (Å²) in [6, 6.07) is 2.07. The summed E-state index contributed by atoms with van der Waals surface area (Å²) in [7, 11) is 0. The van der Waals surface area contributed by atoms with E-state index >= 15 is 0 Å². The number of carbonyl (C=O) groups is 1. The van der Waals surface area contributed by atoms with Crippen LogP contribution in [-0.4, -0.2) is 33.9 Å². The quantitative estimate of drug-likeness (QED) is 0.762. The van der Waals surface area contributed by atoms with Crippen molar-refractivity contribution in [2.45, 2.75) is 12.8 Å². The number of thiazole rings is 1. The second kappa shape index (κ2) is 6.89. The standard InChI is InChI=1S/C17H17N5OS2/c18-15(23)11-1-5-22(6-2-11)17-20-9-13(12-3-7-24-10-12)14(21-17)16-19-4-8-25-16/h3-4,7-11H,1-2,5-6H2,(H2,18,23). The van der Waals surface area contributed by atoms with Crippen LogP contribution in [0.1, 0.15) is 12.8 Å². The minimum atomic E-state index is -0.211. The SMILES string of the molecule is NC(=O)C1CCN(c2ncc(-c3ccsc3)c(-c3nccs3)n2)CC1. The highest BCUT2D eigenvalue weighted by molar-refractivity contribution is 7.13. The van der Waals surface area contributed by atoms with Crippen molar-refractivity contribution in [3.05, 3.63) is 34.6 Å². The fraction of sp³-hybridized carbons (Fsp3) is 0.294. The number of amides is 1. The van der Waals surface area contributed by atoms with Gasteiger partial charge < -0.3 is 10.6 Å². The van der Waals surface area contributed by atoms with E-state index in [1.165, 1.54) is 0 Å². The molecule has 25 heavy (non-hydrogen) atoms. The normalized spacial score (nSPS) is 15.4. The fourth-order valence-electron chi connectivity index (χ4n) is 3.02. The van der Waals surface area contributed by atoms with E-state index < -0.39 is 0 Å². The highest BCUT2D eigenvalue weighted by Crippen LogP contribution is 2.34. The molecule has 0 unspecified atom stereocenters. The van der Waals surface area contributed by atoms with Gasteiger partial charge in [-0.05, 0) is 35.2 Å². The van der Waals surface area contributed by atoms with E-state index in [2.05, 4.69) is 26.3 Å². The summed E-state index contributed by atoms with van der Waals surface area (Å²) in [6.07, 6.45) is 5.16. The zero-order chi connectivity index (χ0) is 17.2. The molecular weight excluding hydrogens is 354 g/mol. The average molecular weight is 371 g/mol. The third-order valence-electron chi connectivity index (χ3n) is 4.42. The first-order valence-electron chi connectivity index (χ1n) is 8.06. The topological polar surface area (TPSA) is 85.0 Å². The fourth-order valence-corrected chi connectivity index (χ4v) is 4.32. The molecule has 3 aromatic heterocycles. The number of nitrogens with two attached hydrogens (primary N) is 1. The first kappa shape index (κ1) is 16.2. The smallest absolute Gasteiger partial charge is 0.225 e. The number of carbonyl (C=O) groups excluding carboxylic acids is 1. The van der Waals surface area contributed by atoms with Crippen LogP contribution < -0.4 is 10.6 Å². The van der Waals surface area contributed by atoms with Gasteiger partial charge in [0.1, 0.15) is 10.7 Å². The number of nitrogens with zero attached hydrogens (tertiary/aromatic N) is 4. The zero-order valence-electron chi connectivity index (χ0n) is 13.5. The minimum absolute atomic E-state index is 0.0419. The van der Waals surface area contributed by atoms with Crippen LogP contribution in [0.4, 0.5) is 5.95 Å². The Morgan fingerprint density at radius 3 is 2.72 bits per heavy atom. The van der Waals surface area contributed by atoms with Crippen molar-refractivity contribution in [2.75, 3.05) is 18.0 Å². The van der Waals surface area contributed by atoms with Crippen LogP contribution in [0.3, 0.4) is 0 Å². The Balaban J connectivity index is 1.67. The predicted octanol–water partition coefficient (Wildman–Crippen LogP) is 3.03. The second-order valence-corrected chi connectivity index (χ2v) is 7.62. The van der Waals surface area contributed by atoms with Crippen molar-refractivity contribution in [1.29, 1.82) is 0 Å². The number of thiophene rings is 1. The Labute approximate surface area is 153 Å². The maximum atomic E-state index is 11.3. The first-order valence-corrected chi connectivity index (χ1v) is 9.88. The van der Waals surface area contributed by atoms with E-state index in [0.717, 1.165) is 47.8 Å². The van der Waals surface area contributed by atoms with Gasteiger partial charge in [0.05, 0.1) is 0 Å². The summed E-state index contributed by atoms with van der Waals surface area (Å²) < 4.78 is 0. The molecule has 0 spiro atoms. The molecule has 1 fully saturated rings. The maximum absolute atomic E-state index is 11.3. The highest BCUT2D eigenvalue weighted by atomic mass is 32.1. The Kier molecular flexibility index (Phi) is 4.46. The zero-order valence-corrected chi connectivity index (χ0v) is 15.1. The Hall–Kier alpha value is -2.32. The number of rotatable bonds is 4. The summed E-state index contributed by atoms with van der Waals surface area (Å²) in [5.74, 6) is 0.434. The molecule has 1 saturated heterocycles. The van der Waals surface area contributed by atoms with Gasteiger partial charge in [-0.15, -0.1) is 11.3 Å². The van der Waals surface area contributed by atoms with E-state index in [1.807, 2.05) is 17.0 Å². The lowest BCUT2D eigenvalue weighted by Crippen LogP contribution is -2.39. The van der Waals surface area contributed by atoms with Crippen LogP contribution in [0.25, 0.3) is 21.8 Å². The van der Waals surface area contributed by atoms with E-state index in [4.69, 9.17) is 10.7 Å². The molecule has 6 nitrogen and oxygen atoms in total. The summed E-state index contributed by atoms with van der Waals surface area (Å²) in [6.45, 7) is 1.48. The van der Waals surface area contributed by atoms with Gasteiger partial charge in [-0.3, -0.25) is 4.79 Å². The monoisotopic (exact) mass is 371 g/mol. The van der Waals surface area contributed by atoms with E-state index in [-0.39, 0.29) is 11.8 Å². The largest absolute Gasteiger partial charge is 0.369 e. The molecule has 4 rings (SSSR count). The number of piperidine rings is 1. The van der Waals surface area contributed by atoms with Gasteiger partial charge in [0, 0.05) is 42.3 Å². The Morgan fingerprint density at radius 2 is 2.08 bits per heavy atom. The molecule has 4 heterocycles. The maximum Gasteiger partial charge on any atom is 0.225 e. The summed E-state index contributed by atoms with van der Waals surface area (Å²) in [5, 5.41) is 6.97. The number of hydrogen-bond donors (Lipinski definition) is 1. The van der Waals surface area contributed by atoms with Gasteiger partial charge >= 0.3 is 0 Å². The lowest BCUT2D eigenvalue weighted by molar-refractivity contribution is -0.122. The summed E-state index contributed by atoms with van der Waals surface area (Å²) in [5.41, 5.74) is 8.37. The molecule has 128 valence electrons. The molecule has 0 aliphatic carbocycles. The van der Waals surface area contributed by atoms with Gasteiger partial charge in [0.15, 0.2) is 0 Å². The van der Waals surface area contributed by atoms with Crippen LogP contribution in [0.5, 0.6) is 0 Å². The number of aromatic nitrogens is 3. The molecular formula is C17H17N5OS2. The first-order chi connectivity index (χ1) is 12.2. The number of hydrogen-bond acceptors (Lipinski definition) is 7. The molecule has 1 aliphatic heterocycles. The van der Waals surface area contributed by atoms with Crippen LogP contribution >= 0.6 is 22.7 Å². The molecule has 1 aliphatic rings. The van der Waals surface area contributed by atoms with Crippen molar-refractivity contribution in [3.63, 3.8) is 0 Å². The summed E-state index contributed by atoms with van der Waals surface area (Å²) in [4.78, 5) is 27.3. The third kappa shape index (κ3) is 3.27. The van der Waals surface area contributed by atoms with Gasteiger partial charge in [0.2, 0.25) is 11.9 Å². The van der Waals surface area contributed by atoms with E-state index in [9.17, 15) is 4.79 Å². The van der Waals surface area contributed by atoms with Gasteiger partial charge in [-0.2, -0.15) is 11.3 Å². The molecule has 0 bridgehead atoms. The van der Waals surface area contributed by atoms with Crippen molar-refractivity contribution >= 4 is 34.5 Å². The van der Waals surface area contributed by atoms with Gasteiger partial charge in [-0.1, -0.05) is 0 Å². The van der Waals surface area contributed by atoms with Gasteiger partial charge in [-0.25, -0.2) is 15.0 Å². The number of primary amides is 1. The molecule has 0 saturated carbocycles. The third-order valence-corrected chi connectivity index (χ3v) is 5.89. The van der Waals surface area contributed by atoms with Crippen molar-refractivity contribution in [3.8, 4) is 21.8 Å². The molecule has 1 amide bonds. The second-order valence-electron chi connectivity index (χ2n) is 5.95. The van der Waals surface area contributed by atoms with Crippen molar-refractivity contribution in [2.24, 2.45) is 11.7 Å². The van der Waals surface area contributed by atoms with Gasteiger partial charge in [0.25, 0.3) is 0 Å². The summed E-state index contributed by atoms with van der Waals surface area (Å²) >= 11 is 3.22. The minimum Gasteiger partial charge on any atom is -0.369 e. The lowest BCUT2D eigenvalue weighted by atomic mass is 9.96. The average Bonchev–Trinajstić information content (AvgIpc) is 3.35. The van der Waals surface area contributed by atoms with Crippen LogP contribution in [0.2, 0.25) is 0 Å². The highest BCUT2D eigenvalue weighted by Gasteiger charge is 2.25. The van der Waals surface area contributed by atoms with Crippen molar-refractivity contribution < 1.29 is 4.79 Å². The van der Waals surface area contributed by atoms with Crippen LogP contribution in [0.15, 0.2) is 34.6 Å². The van der Waals surface area contributed by atoms with E-state index in [0.29, 0.717) is 5.95 Å². The lowest BCUT2D eigenvalue weighted by Gasteiger charge is -2.30. The molecule has 0 aromatic carbocycles. The molecule has 3 aromatic rings. The predicted molar refractivity (Wildman–Crippen MR) is 101 cm³/mol. The molecule has 8 heteroatoms. The molecule has 0 radical (unpaired) electrons. The molecule has 0 atom stereocenters. The Bertz CT molecular complexity index is 855. The van der Waals surface area contributed by atoms with Crippen LogP contribution in [0, 0.1) is 5.92 Å². The van der Waals surface area contributed by atoms with Crippen molar-refractivity contribution in [1.82, 2.24) is 15.0 Å². The molecule has 2 N–H and O–H groups in total. The Morgan fingerprint density at radius 1 is 1.24 bits per heavy atom. The van der Waals surface area contributed by atoms with E-state index in [1.54, 1.807) is 28.9 Å². The van der Waals surface area contributed by atoms with Crippen LogP contribution in [-0.2, 0) is 4.79 Å².